The Hall–Kier alpha value is -0.0800. The van der Waals surface area contributed by atoms with Gasteiger partial charge in [0.05, 0.1) is 5.02 Å². The molecule has 0 aliphatic carbocycles. The summed E-state index contributed by atoms with van der Waals surface area (Å²) >= 11 is 9.02. The second kappa shape index (κ2) is 4.24. The summed E-state index contributed by atoms with van der Waals surface area (Å²) in [5.41, 5.74) is 1.05. The van der Waals surface area contributed by atoms with Crippen molar-refractivity contribution in [1.82, 2.24) is 0 Å². The Kier molecular flexibility index (Phi) is 3.53. The largest absolute Gasteiger partial charge is 0.205 e. The number of hydrogen-bond acceptors (Lipinski definition) is 0. The Balaban J connectivity index is 2.82. The van der Waals surface area contributed by atoms with E-state index in [1.807, 2.05) is 6.92 Å². The van der Waals surface area contributed by atoms with E-state index < -0.39 is 0 Å². The maximum absolute atomic E-state index is 12.7. The van der Waals surface area contributed by atoms with E-state index in [4.69, 9.17) is 11.6 Å². The number of halogens is 3. The zero-order valence-electron chi connectivity index (χ0n) is 6.65. The SMILES string of the molecule is CC(Br)Cc1ccc(F)c(Cl)c1. The third-order valence-electron chi connectivity index (χ3n) is 1.50. The molecular formula is C9H9BrClF. The van der Waals surface area contributed by atoms with Crippen LogP contribution in [0.5, 0.6) is 0 Å². The van der Waals surface area contributed by atoms with E-state index in [1.165, 1.54) is 6.07 Å². The van der Waals surface area contributed by atoms with Gasteiger partial charge >= 0.3 is 0 Å². The highest BCUT2D eigenvalue weighted by atomic mass is 79.9. The quantitative estimate of drug-likeness (QED) is 0.701. The molecule has 0 aliphatic rings. The highest BCUT2D eigenvalue weighted by Gasteiger charge is 2.02. The number of alkyl halides is 1. The lowest BCUT2D eigenvalue weighted by molar-refractivity contribution is 0.627. The maximum Gasteiger partial charge on any atom is 0.141 e. The Morgan fingerprint density at radius 1 is 1.58 bits per heavy atom. The first-order valence-electron chi connectivity index (χ1n) is 3.67. The minimum Gasteiger partial charge on any atom is -0.205 e. The Labute approximate surface area is 84.9 Å². The number of benzene rings is 1. The topological polar surface area (TPSA) is 0 Å². The molecule has 3 heteroatoms. The van der Waals surface area contributed by atoms with Crippen molar-refractivity contribution in [2.75, 3.05) is 0 Å². The van der Waals surface area contributed by atoms with Gasteiger partial charge in [0, 0.05) is 4.83 Å². The summed E-state index contributed by atoms with van der Waals surface area (Å²) < 4.78 is 12.7. The van der Waals surface area contributed by atoms with E-state index in [0.717, 1.165) is 12.0 Å². The standard InChI is InChI=1S/C9H9BrClF/c1-6(10)4-7-2-3-9(12)8(11)5-7/h2-3,5-6H,4H2,1H3. The molecule has 0 bridgehead atoms. The Morgan fingerprint density at radius 2 is 2.25 bits per heavy atom. The molecule has 0 saturated carbocycles. The first kappa shape index (κ1) is 10.0. The van der Waals surface area contributed by atoms with E-state index >= 15 is 0 Å². The normalized spacial score (nSPS) is 13.0. The van der Waals surface area contributed by atoms with Gasteiger partial charge in [-0.15, -0.1) is 0 Å². The average Bonchev–Trinajstić information content (AvgIpc) is 1.96. The van der Waals surface area contributed by atoms with Crippen LogP contribution in [0.25, 0.3) is 0 Å². The summed E-state index contributed by atoms with van der Waals surface area (Å²) in [6, 6.07) is 4.81. The third kappa shape index (κ3) is 2.76. The molecule has 66 valence electrons. The van der Waals surface area contributed by atoms with Crippen molar-refractivity contribution in [3.63, 3.8) is 0 Å². The van der Waals surface area contributed by atoms with Crippen LogP contribution in [0, 0.1) is 5.82 Å². The Bertz CT molecular complexity index is 273. The first-order chi connectivity index (χ1) is 5.59. The van der Waals surface area contributed by atoms with Gasteiger partial charge < -0.3 is 0 Å². The van der Waals surface area contributed by atoms with Crippen LogP contribution in [-0.2, 0) is 6.42 Å². The summed E-state index contributed by atoms with van der Waals surface area (Å²) in [6.45, 7) is 2.04. The van der Waals surface area contributed by atoms with Crippen LogP contribution in [-0.4, -0.2) is 4.83 Å². The lowest BCUT2D eigenvalue weighted by Gasteiger charge is -2.03. The summed E-state index contributed by atoms with van der Waals surface area (Å²) in [5, 5.41) is 0.195. The molecule has 1 aromatic carbocycles. The smallest absolute Gasteiger partial charge is 0.141 e. The van der Waals surface area contributed by atoms with Crippen LogP contribution in [0.4, 0.5) is 4.39 Å². The first-order valence-corrected chi connectivity index (χ1v) is 4.97. The minimum absolute atomic E-state index is 0.195. The minimum atomic E-state index is -0.359. The molecular weight excluding hydrogens is 242 g/mol. The summed E-state index contributed by atoms with van der Waals surface area (Å²) in [7, 11) is 0. The third-order valence-corrected chi connectivity index (χ3v) is 2.11. The van der Waals surface area contributed by atoms with Gasteiger partial charge in [-0.25, -0.2) is 4.39 Å². The van der Waals surface area contributed by atoms with E-state index in [9.17, 15) is 4.39 Å². The van der Waals surface area contributed by atoms with Gasteiger partial charge in [-0.05, 0) is 24.1 Å². The fourth-order valence-corrected chi connectivity index (χ4v) is 1.57. The van der Waals surface area contributed by atoms with Crippen molar-refractivity contribution in [3.05, 3.63) is 34.6 Å². The molecule has 0 fully saturated rings. The second-order valence-corrected chi connectivity index (χ2v) is 4.70. The average molecular weight is 252 g/mol. The van der Waals surface area contributed by atoms with Crippen LogP contribution in [0.2, 0.25) is 5.02 Å². The number of rotatable bonds is 2. The zero-order valence-corrected chi connectivity index (χ0v) is 8.99. The fourth-order valence-electron chi connectivity index (χ4n) is 0.991. The molecule has 1 aromatic rings. The van der Waals surface area contributed by atoms with E-state index in [0.29, 0.717) is 4.83 Å². The van der Waals surface area contributed by atoms with Gasteiger partial charge in [0.2, 0.25) is 0 Å². The van der Waals surface area contributed by atoms with Crippen molar-refractivity contribution in [1.29, 1.82) is 0 Å². The van der Waals surface area contributed by atoms with Crippen LogP contribution in [0.1, 0.15) is 12.5 Å². The molecule has 12 heavy (non-hydrogen) atoms. The van der Waals surface area contributed by atoms with Gasteiger partial charge in [-0.2, -0.15) is 0 Å². The van der Waals surface area contributed by atoms with Gasteiger partial charge in [0.15, 0.2) is 0 Å². The summed E-state index contributed by atoms with van der Waals surface area (Å²) in [6.07, 6.45) is 0.861. The molecule has 1 rings (SSSR count). The molecule has 0 heterocycles. The van der Waals surface area contributed by atoms with Crippen molar-refractivity contribution in [2.45, 2.75) is 18.2 Å². The van der Waals surface area contributed by atoms with Crippen molar-refractivity contribution >= 4 is 27.5 Å². The predicted octanol–water partition coefficient (Wildman–Crippen LogP) is 3.81. The molecule has 0 amide bonds. The second-order valence-electron chi connectivity index (χ2n) is 2.73. The van der Waals surface area contributed by atoms with Crippen LogP contribution in [0.15, 0.2) is 18.2 Å². The zero-order chi connectivity index (χ0) is 9.14. The Morgan fingerprint density at radius 3 is 2.75 bits per heavy atom. The summed E-state index contributed by atoms with van der Waals surface area (Å²) in [5.74, 6) is -0.359. The highest BCUT2D eigenvalue weighted by Crippen LogP contribution is 2.18. The fraction of sp³-hybridized carbons (Fsp3) is 0.333. The van der Waals surface area contributed by atoms with Gasteiger partial charge in [-0.3, -0.25) is 0 Å². The molecule has 0 aliphatic heterocycles. The van der Waals surface area contributed by atoms with E-state index in [2.05, 4.69) is 15.9 Å². The van der Waals surface area contributed by atoms with E-state index in [-0.39, 0.29) is 10.8 Å². The van der Waals surface area contributed by atoms with Gasteiger partial charge in [0.25, 0.3) is 0 Å². The van der Waals surface area contributed by atoms with Crippen LogP contribution < -0.4 is 0 Å². The lowest BCUT2D eigenvalue weighted by atomic mass is 10.1. The van der Waals surface area contributed by atoms with E-state index in [1.54, 1.807) is 12.1 Å². The molecule has 0 aromatic heterocycles. The molecule has 1 atom stereocenters. The highest BCUT2D eigenvalue weighted by molar-refractivity contribution is 9.09. The van der Waals surface area contributed by atoms with Crippen LogP contribution in [0.3, 0.4) is 0 Å². The van der Waals surface area contributed by atoms with Crippen molar-refractivity contribution in [3.8, 4) is 0 Å². The molecule has 0 spiro atoms. The maximum atomic E-state index is 12.7. The van der Waals surface area contributed by atoms with Crippen molar-refractivity contribution < 1.29 is 4.39 Å². The van der Waals surface area contributed by atoms with Gasteiger partial charge in [0.1, 0.15) is 5.82 Å². The van der Waals surface area contributed by atoms with Gasteiger partial charge in [-0.1, -0.05) is 40.5 Å². The van der Waals surface area contributed by atoms with Crippen molar-refractivity contribution in [2.24, 2.45) is 0 Å². The molecule has 1 unspecified atom stereocenters. The summed E-state index contributed by atoms with van der Waals surface area (Å²) in [4.78, 5) is 0.388. The predicted molar refractivity (Wildman–Crippen MR) is 53.5 cm³/mol. The lowest BCUT2D eigenvalue weighted by Crippen LogP contribution is -1.96. The molecule has 0 N–H and O–H groups in total. The van der Waals surface area contributed by atoms with Crippen LogP contribution >= 0.6 is 27.5 Å². The molecule has 0 saturated heterocycles. The molecule has 0 nitrogen and oxygen atoms in total. The number of hydrogen-bond donors (Lipinski definition) is 0. The monoisotopic (exact) mass is 250 g/mol. The molecule has 0 radical (unpaired) electrons.